The number of nitrogens with one attached hydrogen (secondary N) is 2. The minimum atomic E-state index is -0.630. The molecule has 160 valence electrons. The van der Waals surface area contributed by atoms with Crippen molar-refractivity contribution in [2.75, 3.05) is 71.6 Å². The number of hydrogen-bond donors (Lipinski definition) is 2. The second kappa shape index (κ2) is 10.6. The summed E-state index contributed by atoms with van der Waals surface area (Å²) in [5.74, 6) is -1.24. The van der Waals surface area contributed by atoms with Crippen molar-refractivity contribution in [2.24, 2.45) is 0 Å². The van der Waals surface area contributed by atoms with Crippen molar-refractivity contribution >= 4 is 17.5 Å². The van der Waals surface area contributed by atoms with Crippen LogP contribution in [0.2, 0.25) is 0 Å². The van der Waals surface area contributed by atoms with Gasteiger partial charge in [0.2, 0.25) is 0 Å². The molecule has 2 heterocycles. The zero-order valence-electron chi connectivity index (χ0n) is 17.4. The molecule has 29 heavy (non-hydrogen) atoms. The van der Waals surface area contributed by atoms with E-state index in [1.54, 1.807) is 7.11 Å². The molecule has 1 saturated heterocycles. The van der Waals surface area contributed by atoms with Crippen LogP contribution in [0.15, 0.2) is 18.2 Å². The van der Waals surface area contributed by atoms with Gasteiger partial charge in [-0.3, -0.25) is 14.5 Å². The normalized spacial score (nSPS) is 18.1. The van der Waals surface area contributed by atoms with E-state index < -0.39 is 11.8 Å². The van der Waals surface area contributed by atoms with Crippen molar-refractivity contribution in [3.05, 3.63) is 29.3 Å². The molecule has 0 aromatic heterocycles. The lowest BCUT2D eigenvalue weighted by Crippen LogP contribution is -2.47. The van der Waals surface area contributed by atoms with E-state index in [0.717, 1.165) is 32.5 Å². The van der Waals surface area contributed by atoms with E-state index in [-0.39, 0.29) is 6.04 Å². The molecule has 2 aliphatic rings. The molecule has 1 aromatic rings. The van der Waals surface area contributed by atoms with Crippen LogP contribution in [0.3, 0.4) is 0 Å². The fraction of sp³-hybridized carbons (Fsp3) is 0.619. The lowest BCUT2D eigenvalue weighted by atomic mass is 9.95. The van der Waals surface area contributed by atoms with Gasteiger partial charge in [-0.15, -0.1) is 0 Å². The van der Waals surface area contributed by atoms with Crippen LogP contribution in [0, 0.1) is 0 Å². The fourth-order valence-corrected chi connectivity index (χ4v) is 3.98. The van der Waals surface area contributed by atoms with Gasteiger partial charge in [0.25, 0.3) is 0 Å². The summed E-state index contributed by atoms with van der Waals surface area (Å²) in [4.78, 5) is 28.8. The number of fused-ring (bicyclic) bond motifs is 1. The molecule has 1 unspecified atom stereocenters. The molecule has 0 aliphatic carbocycles. The number of morpholine rings is 1. The Balaban J connectivity index is 1.70. The van der Waals surface area contributed by atoms with Gasteiger partial charge >= 0.3 is 11.8 Å². The highest BCUT2D eigenvalue weighted by molar-refractivity contribution is 6.35. The molecule has 3 rings (SSSR count). The summed E-state index contributed by atoms with van der Waals surface area (Å²) in [6.07, 6.45) is 2.21. The Hall–Kier alpha value is -2.16. The Bertz CT molecular complexity index is 706. The molecular formula is C21H32N4O4. The number of nitrogens with zero attached hydrogens (tertiary/aromatic N) is 2. The average molecular weight is 405 g/mol. The van der Waals surface area contributed by atoms with Crippen LogP contribution in [-0.4, -0.2) is 83.4 Å². The maximum Gasteiger partial charge on any atom is 0.309 e. The first-order valence-corrected chi connectivity index (χ1v) is 10.3. The summed E-state index contributed by atoms with van der Waals surface area (Å²) in [5.41, 5.74) is 3.79. The number of aryl methyl sites for hydroxylation is 1. The summed E-state index contributed by atoms with van der Waals surface area (Å²) in [7, 11) is 3.68. The van der Waals surface area contributed by atoms with Crippen molar-refractivity contribution in [3.63, 3.8) is 0 Å². The fourth-order valence-electron chi connectivity index (χ4n) is 3.98. The molecule has 0 radical (unpaired) electrons. The van der Waals surface area contributed by atoms with Gasteiger partial charge in [0.1, 0.15) is 0 Å². The van der Waals surface area contributed by atoms with Crippen molar-refractivity contribution in [2.45, 2.75) is 18.9 Å². The van der Waals surface area contributed by atoms with Crippen molar-refractivity contribution in [1.29, 1.82) is 0 Å². The second-order valence-electron chi connectivity index (χ2n) is 7.54. The third kappa shape index (κ3) is 5.68. The molecule has 0 bridgehead atoms. The monoisotopic (exact) mass is 404 g/mol. The van der Waals surface area contributed by atoms with Crippen LogP contribution in [0.25, 0.3) is 0 Å². The minimum Gasteiger partial charge on any atom is -0.383 e. The third-order valence-corrected chi connectivity index (χ3v) is 5.58. The van der Waals surface area contributed by atoms with Gasteiger partial charge in [-0.1, -0.05) is 12.1 Å². The van der Waals surface area contributed by atoms with Crippen LogP contribution < -0.4 is 15.5 Å². The maximum absolute atomic E-state index is 12.2. The maximum atomic E-state index is 12.2. The summed E-state index contributed by atoms with van der Waals surface area (Å²) in [5, 5.41) is 5.37. The molecule has 1 fully saturated rings. The number of carbonyl (C=O) groups excluding carboxylic acids is 2. The molecule has 2 amide bonds. The van der Waals surface area contributed by atoms with Crippen molar-refractivity contribution in [3.8, 4) is 0 Å². The van der Waals surface area contributed by atoms with Gasteiger partial charge in [-0.05, 0) is 30.0 Å². The standard InChI is InChI=1S/C21H32N4O4/c1-24-8-3-4-16-14-17(5-6-18(16)24)19(25-9-12-29-13-10-25)15-23-21(27)20(26)22-7-11-28-2/h5-6,14,19H,3-4,7-13,15H2,1-2H3,(H,22,26)(H,23,27). The molecular weight excluding hydrogens is 372 g/mol. The first-order chi connectivity index (χ1) is 14.1. The van der Waals surface area contributed by atoms with Gasteiger partial charge in [-0.2, -0.15) is 0 Å². The molecule has 2 N–H and O–H groups in total. The number of methoxy groups -OCH3 is 1. The first-order valence-electron chi connectivity index (χ1n) is 10.3. The SMILES string of the molecule is COCCNC(=O)C(=O)NCC(c1ccc2c(c1)CCCN2C)N1CCOCC1. The second-order valence-corrected chi connectivity index (χ2v) is 7.54. The van der Waals surface area contributed by atoms with E-state index >= 15 is 0 Å². The van der Waals surface area contributed by atoms with Gasteiger partial charge in [0.05, 0.1) is 25.9 Å². The Morgan fingerprint density at radius 2 is 1.93 bits per heavy atom. The highest BCUT2D eigenvalue weighted by atomic mass is 16.5. The Morgan fingerprint density at radius 1 is 1.17 bits per heavy atom. The van der Waals surface area contributed by atoms with E-state index in [1.807, 2.05) is 0 Å². The van der Waals surface area contributed by atoms with E-state index in [9.17, 15) is 9.59 Å². The topological polar surface area (TPSA) is 83.1 Å². The zero-order valence-corrected chi connectivity index (χ0v) is 17.4. The molecule has 0 saturated carbocycles. The number of amides is 2. The van der Waals surface area contributed by atoms with E-state index in [4.69, 9.17) is 9.47 Å². The molecule has 2 aliphatic heterocycles. The van der Waals surface area contributed by atoms with Gasteiger partial charge < -0.3 is 25.0 Å². The first kappa shape index (κ1) is 21.5. The molecule has 8 nitrogen and oxygen atoms in total. The molecule has 8 heteroatoms. The highest BCUT2D eigenvalue weighted by Crippen LogP contribution is 2.30. The van der Waals surface area contributed by atoms with Crippen LogP contribution in [0.4, 0.5) is 5.69 Å². The smallest absolute Gasteiger partial charge is 0.309 e. The Morgan fingerprint density at radius 3 is 2.69 bits per heavy atom. The lowest BCUT2D eigenvalue weighted by molar-refractivity contribution is -0.139. The quantitative estimate of drug-likeness (QED) is 0.503. The third-order valence-electron chi connectivity index (χ3n) is 5.58. The number of anilines is 1. The summed E-state index contributed by atoms with van der Waals surface area (Å²) < 4.78 is 10.4. The molecule has 1 aromatic carbocycles. The largest absolute Gasteiger partial charge is 0.383 e. The van der Waals surface area contributed by atoms with E-state index in [0.29, 0.717) is 32.9 Å². The van der Waals surface area contributed by atoms with E-state index in [2.05, 4.69) is 45.7 Å². The number of carbonyl (C=O) groups is 2. The minimum absolute atomic E-state index is 0.00663. The van der Waals surface area contributed by atoms with Crippen LogP contribution in [0.1, 0.15) is 23.6 Å². The number of rotatable bonds is 7. The number of hydrogen-bond acceptors (Lipinski definition) is 6. The van der Waals surface area contributed by atoms with Gasteiger partial charge in [-0.25, -0.2) is 0 Å². The predicted octanol–water partition coefficient (Wildman–Crippen LogP) is 0.321. The number of benzene rings is 1. The lowest BCUT2D eigenvalue weighted by Gasteiger charge is -2.36. The van der Waals surface area contributed by atoms with Crippen molar-refractivity contribution < 1.29 is 19.1 Å². The Labute approximate surface area is 172 Å². The Kier molecular flexibility index (Phi) is 7.85. The predicted molar refractivity (Wildman–Crippen MR) is 111 cm³/mol. The van der Waals surface area contributed by atoms with Crippen LogP contribution >= 0.6 is 0 Å². The molecule has 1 atom stereocenters. The number of ether oxygens (including phenoxy) is 2. The summed E-state index contributed by atoms with van der Waals surface area (Å²) >= 11 is 0. The average Bonchev–Trinajstić information content (AvgIpc) is 2.74. The van der Waals surface area contributed by atoms with Crippen LogP contribution in [-0.2, 0) is 25.5 Å². The summed E-state index contributed by atoms with van der Waals surface area (Å²) in [6, 6.07) is 6.59. The van der Waals surface area contributed by atoms with E-state index in [1.165, 1.54) is 16.8 Å². The van der Waals surface area contributed by atoms with Crippen molar-refractivity contribution in [1.82, 2.24) is 15.5 Å². The van der Waals surface area contributed by atoms with Gasteiger partial charge in [0, 0.05) is 52.6 Å². The summed E-state index contributed by atoms with van der Waals surface area (Å²) in [6.45, 7) is 5.10. The molecule has 0 spiro atoms. The highest BCUT2D eigenvalue weighted by Gasteiger charge is 2.26. The van der Waals surface area contributed by atoms with Gasteiger partial charge in [0.15, 0.2) is 0 Å². The van der Waals surface area contributed by atoms with Crippen LogP contribution in [0.5, 0.6) is 0 Å². The zero-order chi connectivity index (χ0) is 20.6.